The van der Waals surface area contributed by atoms with Crippen LogP contribution in [0.1, 0.15) is 80.8 Å². The van der Waals surface area contributed by atoms with Crippen LogP contribution >= 0.6 is 0 Å². The Morgan fingerprint density at radius 3 is 2.64 bits per heavy atom. The van der Waals surface area contributed by atoms with Crippen LogP contribution in [-0.4, -0.2) is 30.5 Å². The van der Waals surface area contributed by atoms with E-state index >= 15 is 0 Å². The summed E-state index contributed by atoms with van der Waals surface area (Å²) in [7, 11) is 0. The van der Waals surface area contributed by atoms with E-state index in [1.807, 2.05) is 64.5 Å². The molecule has 2 aromatic heterocycles. The molecule has 0 bridgehead atoms. The molecule has 4 aromatic rings. The lowest BCUT2D eigenvalue weighted by Crippen LogP contribution is -2.39. The summed E-state index contributed by atoms with van der Waals surface area (Å²) < 4.78 is 3.72. The van der Waals surface area contributed by atoms with Crippen molar-refractivity contribution < 1.29 is 4.84 Å². The van der Waals surface area contributed by atoms with E-state index in [2.05, 4.69) is 28.2 Å². The van der Waals surface area contributed by atoms with Crippen LogP contribution in [0.4, 0.5) is 0 Å². The lowest BCUT2D eigenvalue weighted by Gasteiger charge is -2.35. The van der Waals surface area contributed by atoms with Crippen molar-refractivity contribution in [3.05, 3.63) is 87.6 Å². The van der Waals surface area contributed by atoms with Gasteiger partial charge in [0.25, 0.3) is 5.56 Å². The summed E-state index contributed by atoms with van der Waals surface area (Å²) >= 11 is 0. The average Bonchev–Trinajstić information content (AvgIpc) is 3.59. The third kappa shape index (κ3) is 4.52. The van der Waals surface area contributed by atoms with Crippen LogP contribution in [0.3, 0.4) is 0 Å². The van der Waals surface area contributed by atoms with E-state index in [1.54, 1.807) is 0 Å². The maximum absolute atomic E-state index is 14.3. The molecule has 2 aliphatic rings. The SMILES string of the molecule is CCCc1c(Cc2ccc(-c3ccccc3)c(C#N)c2)c(=O)n(C2CCC3(CC2)CC(C)=NO3)c2ncnn12. The van der Waals surface area contributed by atoms with Crippen molar-refractivity contribution in [2.75, 3.05) is 0 Å². The molecule has 0 radical (unpaired) electrons. The molecule has 1 aliphatic heterocycles. The molecule has 0 N–H and O–H groups in total. The largest absolute Gasteiger partial charge is 0.389 e. The van der Waals surface area contributed by atoms with Crippen molar-refractivity contribution in [2.45, 2.75) is 76.9 Å². The Morgan fingerprint density at radius 1 is 1.15 bits per heavy atom. The molecule has 6 rings (SSSR count). The summed E-state index contributed by atoms with van der Waals surface area (Å²) in [5.41, 5.74) is 5.84. The fourth-order valence-corrected chi connectivity index (χ4v) is 6.31. The van der Waals surface area contributed by atoms with Gasteiger partial charge in [0.2, 0.25) is 5.78 Å². The van der Waals surface area contributed by atoms with Crippen molar-refractivity contribution in [3.63, 3.8) is 0 Å². The molecule has 3 heterocycles. The number of oxime groups is 1. The van der Waals surface area contributed by atoms with Crippen molar-refractivity contribution in [1.82, 2.24) is 19.2 Å². The second-order valence-corrected chi connectivity index (χ2v) is 10.9. The monoisotopic (exact) mass is 520 g/mol. The van der Waals surface area contributed by atoms with Crippen molar-refractivity contribution in [1.29, 1.82) is 5.26 Å². The summed E-state index contributed by atoms with van der Waals surface area (Å²) in [6, 6.07) is 18.2. The molecular weight excluding hydrogens is 488 g/mol. The van der Waals surface area contributed by atoms with E-state index < -0.39 is 0 Å². The van der Waals surface area contributed by atoms with Gasteiger partial charge in [-0.05, 0) is 61.8 Å². The molecule has 1 fully saturated rings. The number of nitrogens with zero attached hydrogens (tertiary/aromatic N) is 6. The first-order valence-electron chi connectivity index (χ1n) is 13.8. The van der Waals surface area contributed by atoms with E-state index in [0.717, 1.165) is 78.6 Å². The van der Waals surface area contributed by atoms with Gasteiger partial charge in [-0.3, -0.25) is 9.36 Å². The quantitative estimate of drug-likeness (QED) is 0.329. The minimum absolute atomic E-state index is 0.00897. The maximum atomic E-state index is 14.3. The van der Waals surface area contributed by atoms with Gasteiger partial charge >= 0.3 is 0 Å². The van der Waals surface area contributed by atoms with Gasteiger partial charge in [-0.25, -0.2) is 4.52 Å². The first-order chi connectivity index (χ1) is 19.0. The number of nitriles is 1. The fourth-order valence-electron chi connectivity index (χ4n) is 6.31. The summed E-state index contributed by atoms with van der Waals surface area (Å²) in [4.78, 5) is 24.6. The van der Waals surface area contributed by atoms with Crippen molar-refractivity contribution in [2.24, 2.45) is 5.16 Å². The predicted octanol–water partition coefficient (Wildman–Crippen LogP) is 5.62. The molecule has 0 unspecified atom stereocenters. The number of rotatable bonds is 6. The van der Waals surface area contributed by atoms with Gasteiger partial charge < -0.3 is 4.84 Å². The topological polar surface area (TPSA) is 97.6 Å². The average molecular weight is 521 g/mol. The zero-order valence-corrected chi connectivity index (χ0v) is 22.4. The molecule has 8 heteroatoms. The summed E-state index contributed by atoms with van der Waals surface area (Å²) in [5, 5.41) is 18.7. The highest BCUT2D eigenvalue weighted by Crippen LogP contribution is 2.42. The molecular formula is C31H32N6O2. The maximum Gasteiger partial charge on any atom is 0.259 e. The number of fused-ring (bicyclic) bond motifs is 1. The zero-order chi connectivity index (χ0) is 27.0. The third-order valence-corrected chi connectivity index (χ3v) is 8.19. The second kappa shape index (κ2) is 10.1. The molecule has 39 heavy (non-hydrogen) atoms. The van der Waals surface area contributed by atoms with Gasteiger partial charge in [-0.15, -0.1) is 0 Å². The van der Waals surface area contributed by atoms with Gasteiger partial charge in [-0.1, -0.05) is 61.0 Å². The van der Waals surface area contributed by atoms with E-state index in [1.165, 1.54) is 6.33 Å². The fraction of sp³-hybridized carbons (Fsp3) is 0.387. The van der Waals surface area contributed by atoms with Gasteiger partial charge in [-0.2, -0.15) is 15.3 Å². The molecule has 1 spiro atoms. The van der Waals surface area contributed by atoms with Crippen LogP contribution in [-0.2, 0) is 17.7 Å². The van der Waals surface area contributed by atoms with Crippen LogP contribution in [0.25, 0.3) is 16.9 Å². The predicted molar refractivity (Wildman–Crippen MR) is 150 cm³/mol. The van der Waals surface area contributed by atoms with Gasteiger partial charge in [0.05, 0.1) is 23.0 Å². The first kappa shape index (κ1) is 25.1. The Balaban J connectivity index is 1.39. The minimum atomic E-state index is -0.229. The number of hydrogen-bond donors (Lipinski definition) is 0. The van der Waals surface area contributed by atoms with Gasteiger partial charge in [0.15, 0.2) is 0 Å². The first-order valence-corrected chi connectivity index (χ1v) is 13.8. The molecule has 0 atom stereocenters. The zero-order valence-electron chi connectivity index (χ0n) is 22.4. The number of hydrogen-bond acceptors (Lipinski definition) is 6. The Morgan fingerprint density at radius 2 is 1.95 bits per heavy atom. The lowest BCUT2D eigenvalue weighted by atomic mass is 9.79. The van der Waals surface area contributed by atoms with Gasteiger partial charge in [0, 0.05) is 24.4 Å². The number of aryl methyl sites for hydroxylation is 1. The van der Waals surface area contributed by atoms with Crippen LogP contribution in [0.5, 0.6) is 0 Å². The van der Waals surface area contributed by atoms with E-state index in [0.29, 0.717) is 17.8 Å². The normalized spacial score (nSPS) is 20.6. The molecule has 8 nitrogen and oxygen atoms in total. The second-order valence-electron chi connectivity index (χ2n) is 10.9. The van der Waals surface area contributed by atoms with Crippen molar-refractivity contribution >= 4 is 11.5 Å². The van der Waals surface area contributed by atoms with Crippen LogP contribution in [0, 0.1) is 11.3 Å². The Hall–Kier alpha value is -4.25. The van der Waals surface area contributed by atoms with E-state index in [9.17, 15) is 10.1 Å². The molecule has 0 amide bonds. The number of benzene rings is 2. The van der Waals surface area contributed by atoms with Crippen LogP contribution in [0.2, 0.25) is 0 Å². The van der Waals surface area contributed by atoms with E-state index in [4.69, 9.17) is 4.84 Å². The van der Waals surface area contributed by atoms with Crippen LogP contribution < -0.4 is 5.56 Å². The molecule has 0 saturated heterocycles. The summed E-state index contributed by atoms with van der Waals surface area (Å²) in [6.45, 7) is 4.11. The summed E-state index contributed by atoms with van der Waals surface area (Å²) in [5.74, 6) is 0.602. The van der Waals surface area contributed by atoms with E-state index in [-0.39, 0.29) is 17.2 Å². The highest BCUT2D eigenvalue weighted by atomic mass is 16.7. The molecule has 1 saturated carbocycles. The third-order valence-electron chi connectivity index (χ3n) is 8.19. The lowest BCUT2D eigenvalue weighted by molar-refractivity contribution is -0.0528. The standard InChI is InChI=1S/C31H32N6O2/c1-3-7-28-27(17-22-10-11-26(24(16-22)19-32)23-8-5-4-6-9-23)29(38)36(30-33-20-34-37(28)30)25-12-14-31(15-13-25)18-21(2)35-39-31/h4-6,8-11,16,20,25H,3,7,12-15,17-18H2,1-2H3. The highest BCUT2D eigenvalue weighted by Gasteiger charge is 2.42. The van der Waals surface area contributed by atoms with Crippen LogP contribution in [0.15, 0.2) is 64.8 Å². The Kier molecular flexibility index (Phi) is 6.51. The Bertz CT molecular complexity index is 1650. The Labute approximate surface area is 227 Å². The van der Waals surface area contributed by atoms with Gasteiger partial charge in [0.1, 0.15) is 11.9 Å². The molecule has 198 valence electrons. The number of aromatic nitrogens is 4. The van der Waals surface area contributed by atoms with Crippen molar-refractivity contribution in [3.8, 4) is 17.2 Å². The molecule has 2 aromatic carbocycles. The summed E-state index contributed by atoms with van der Waals surface area (Å²) in [6.07, 6.45) is 7.77. The smallest absolute Gasteiger partial charge is 0.259 e. The highest BCUT2D eigenvalue weighted by molar-refractivity contribution is 5.83. The molecule has 1 aliphatic carbocycles. The minimum Gasteiger partial charge on any atom is -0.389 e.